The predicted octanol–water partition coefficient (Wildman–Crippen LogP) is 0.669. The Kier molecular flexibility index (Phi) is 11.4. The zero-order valence-corrected chi connectivity index (χ0v) is 25.0. The van der Waals surface area contributed by atoms with Crippen LogP contribution in [-0.4, -0.2) is 115 Å². The smallest absolute Gasteiger partial charge is 0.247 e. The van der Waals surface area contributed by atoms with Gasteiger partial charge in [0.1, 0.15) is 12.2 Å². The number of nitrogens with zero attached hydrogens (tertiary/aromatic N) is 2. The molecular weight excluding hydrogens is 633 g/mol. The molecule has 4 rings (SSSR count). The number of amides is 2. The minimum atomic E-state index is -1.11. The van der Waals surface area contributed by atoms with Gasteiger partial charge in [-0.2, -0.15) is 0 Å². The fourth-order valence-electron chi connectivity index (χ4n) is 5.30. The normalized spacial score (nSPS) is 23.6. The number of carbonyl (C=O) groups is 2. The number of rotatable bonds is 12. The summed E-state index contributed by atoms with van der Waals surface area (Å²) in [5.74, 6) is 0.307. The van der Waals surface area contributed by atoms with Crippen molar-refractivity contribution in [2.45, 2.75) is 50.5 Å². The zero-order chi connectivity index (χ0) is 28.6. The molecule has 12 heteroatoms. The van der Waals surface area contributed by atoms with Gasteiger partial charge in [-0.1, -0.05) is 6.42 Å². The summed E-state index contributed by atoms with van der Waals surface area (Å²) in [5, 5.41) is 33.2. The predicted molar refractivity (Wildman–Crippen MR) is 155 cm³/mol. The second-order valence-corrected chi connectivity index (χ2v) is 11.6. The van der Waals surface area contributed by atoms with E-state index in [0.29, 0.717) is 52.5 Å². The number of halogens is 1. The van der Waals surface area contributed by atoms with E-state index >= 15 is 0 Å². The van der Waals surface area contributed by atoms with Crippen LogP contribution in [0.3, 0.4) is 0 Å². The summed E-state index contributed by atoms with van der Waals surface area (Å²) in [7, 11) is 1.49. The van der Waals surface area contributed by atoms with Crippen LogP contribution in [0.2, 0.25) is 0 Å². The molecule has 3 atom stereocenters. The first-order chi connectivity index (χ1) is 19.4. The van der Waals surface area contributed by atoms with Crippen molar-refractivity contribution in [2.24, 2.45) is 5.92 Å². The highest BCUT2D eigenvalue weighted by atomic mass is 127. The van der Waals surface area contributed by atoms with Gasteiger partial charge in [-0.25, -0.2) is 0 Å². The first-order valence-electron chi connectivity index (χ1n) is 13.9. The van der Waals surface area contributed by atoms with E-state index in [1.54, 1.807) is 23.1 Å². The highest BCUT2D eigenvalue weighted by Gasteiger charge is 2.43. The summed E-state index contributed by atoms with van der Waals surface area (Å²) in [6, 6.07) is 2.75. The summed E-state index contributed by atoms with van der Waals surface area (Å²) < 4.78 is 18.0. The van der Waals surface area contributed by atoms with Gasteiger partial charge in [0.25, 0.3) is 0 Å². The van der Waals surface area contributed by atoms with Crippen LogP contribution < -0.4 is 14.8 Å². The third-order valence-corrected chi connectivity index (χ3v) is 8.64. The number of hydrogen-bond acceptors (Lipinski definition) is 9. The van der Waals surface area contributed by atoms with Crippen molar-refractivity contribution in [3.8, 4) is 11.5 Å². The molecule has 3 aliphatic rings. The van der Waals surface area contributed by atoms with E-state index in [9.17, 15) is 24.9 Å². The van der Waals surface area contributed by atoms with Crippen LogP contribution in [0.5, 0.6) is 11.5 Å². The van der Waals surface area contributed by atoms with Gasteiger partial charge in [0.2, 0.25) is 11.8 Å². The molecule has 0 radical (unpaired) electrons. The molecule has 11 nitrogen and oxygen atoms in total. The Bertz CT molecular complexity index is 1060. The van der Waals surface area contributed by atoms with Gasteiger partial charge >= 0.3 is 0 Å². The number of methoxy groups -OCH3 is 1. The van der Waals surface area contributed by atoms with Gasteiger partial charge in [0.15, 0.2) is 11.5 Å². The van der Waals surface area contributed by atoms with E-state index in [2.05, 4.69) is 32.8 Å². The fraction of sp³-hybridized carbons (Fsp3) is 0.643. The molecule has 1 saturated carbocycles. The van der Waals surface area contributed by atoms with Gasteiger partial charge < -0.3 is 39.7 Å². The first kappa shape index (κ1) is 31.0. The molecule has 1 aliphatic heterocycles. The summed E-state index contributed by atoms with van der Waals surface area (Å²) >= 11 is 2.08. The maximum Gasteiger partial charge on any atom is 0.247 e. The Morgan fingerprint density at radius 3 is 2.60 bits per heavy atom. The van der Waals surface area contributed by atoms with E-state index in [-0.39, 0.29) is 43.9 Å². The topological polar surface area (TPSA) is 141 Å². The lowest BCUT2D eigenvalue weighted by Gasteiger charge is -2.43. The Labute approximate surface area is 248 Å². The van der Waals surface area contributed by atoms with Crippen molar-refractivity contribution in [2.75, 3.05) is 59.7 Å². The molecule has 1 aromatic rings. The average Bonchev–Trinajstić information content (AvgIpc) is 2.93. The molecule has 1 saturated heterocycles. The highest BCUT2D eigenvalue weighted by molar-refractivity contribution is 14.1. The van der Waals surface area contributed by atoms with E-state index in [1.807, 2.05) is 0 Å². The van der Waals surface area contributed by atoms with Crippen molar-refractivity contribution in [1.82, 2.24) is 15.1 Å². The van der Waals surface area contributed by atoms with Crippen LogP contribution in [0.25, 0.3) is 0 Å². The monoisotopic (exact) mass is 673 g/mol. The fourth-order valence-corrected chi connectivity index (χ4v) is 6.09. The number of benzene rings is 1. The number of carbonyl (C=O) groups excluding carboxylic acids is 2. The lowest BCUT2D eigenvalue weighted by Crippen LogP contribution is -2.58. The minimum Gasteiger partial charge on any atom is -0.493 e. The molecule has 1 heterocycles. The van der Waals surface area contributed by atoms with Crippen molar-refractivity contribution in [1.29, 1.82) is 0 Å². The van der Waals surface area contributed by atoms with Gasteiger partial charge in [0, 0.05) is 50.6 Å². The molecule has 2 aliphatic carbocycles. The molecule has 0 spiro atoms. The molecule has 222 valence electrons. The van der Waals surface area contributed by atoms with Gasteiger partial charge in [0.05, 0.1) is 43.1 Å². The van der Waals surface area contributed by atoms with Crippen molar-refractivity contribution in [3.05, 3.63) is 32.9 Å². The second kappa shape index (κ2) is 14.8. The van der Waals surface area contributed by atoms with Crippen LogP contribution in [0.1, 0.15) is 31.2 Å². The standard InChI is InChI=1S/C28H40IN3O8/c1-38-24-14-18(17-34)13-21(29)26(24)40-23-16-20(27(36)30-5-10-33)15-22(25(23)35)32(28(37)19-3-2-4-19)7-6-31-8-11-39-12-9-31/h13-14,16,19,22-23,25,33-35H,2-12,15,17H2,1H3,(H,30,36)/t22-,23+,25+/m1/s1. The molecule has 1 aromatic carbocycles. The number of aliphatic hydroxyl groups is 3. The molecule has 40 heavy (non-hydrogen) atoms. The van der Waals surface area contributed by atoms with Crippen molar-refractivity contribution in [3.63, 3.8) is 0 Å². The van der Waals surface area contributed by atoms with Crippen LogP contribution in [0.15, 0.2) is 23.8 Å². The molecule has 2 amide bonds. The number of morpholine rings is 1. The van der Waals surface area contributed by atoms with Gasteiger partial charge in [-0.15, -0.1) is 0 Å². The summed E-state index contributed by atoms with van der Waals surface area (Å²) in [5.41, 5.74) is 1.03. The third-order valence-electron chi connectivity index (χ3n) is 7.84. The van der Waals surface area contributed by atoms with Crippen molar-refractivity contribution < 1.29 is 39.1 Å². The molecular formula is C28H40IN3O8. The van der Waals surface area contributed by atoms with E-state index in [4.69, 9.17) is 14.2 Å². The number of aliphatic hydroxyl groups excluding tert-OH is 3. The maximum absolute atomic E-state index is 13.7. The van der Waals surface area contributed by atoms with Gasteiger partial charge in [-0.05, 0) is 59.2 Å². The molecule has 0 unspecified atom stereocenters. The van der Waals surface area contributed by atoms with E-state index in [1.165, 1.54) is 7.11 Å². The number of ether oxygens (including phenoxy) is 3. The Balaban J connectivity index is 1.64. The lowest BCUT2D eigenvalue weighted by atomic mass is 9.82. The highest BCUT2D eigenvalue weighted by Crippen LogP contribution is 2.38. The molecule has 0 aromatic heterocycles. The van der Waals surface area contributed by atoms with E-state index < -0.39 is 18.2 Å². The Morgan fingerprint density at radius 1 is 1.23 bits per heavy atom. The second-order valence-electron chi connectivity index (χ2n) is 10.4. The Morgan fingerprint density at radius 2 is 1.98 bits per heavy atom. The third kappa shape index (κ3) is 7.45. The first-order valence-corrected chi connectivity index (χ1v) is 15.0. The lowest BCUT2D eigenvalue weighted by molar-refractivity contribution is -0.146. The minimum absolute atomic E-state index is 0.00112. The molecule has 0 bridgehead atoms. The summed E-state index contributed by atoms with van der Waals surface area (Å²) in [4.78, 5) is 30.8. The van der Waals surface area contributed by atoms with Crippen LogP contribution in [0, 0.1) is 9.49 Å². The van der Waals surface area contributed by atoms with Crippen molar-refractivity contribution >= 4 is 34.4 Å². The van der Waals surface area contributed by atoms with Crippen LogP contribution in [-0.2, 0) is 20.9 Å². The Hall–Kier alpha value is -1.97. The quantitative estimate of drug-likeness (QED) is 0.236. The average molecular weight is 674 g/mol. The SMILES string of the molecule is COc1cc(CO)cc(I)c1O[C@H]1C=C(C(=O)NCCO)C[C@@H](N(CCN2CCOCC2)C(=O)C2CCC2)[C@@H]1O. The number of nitrogens with one attached hydrogen (secondary N) is 1. The zero-order valence-electron chi connectivity index (χ0n) is 22.9. The summed E-state index contributed by atoms with van der Waals surface area (Å²) in [6.07, 6.45) is 2.35. The number of hydrogen-bond donors (Lipinski definition) is 4. The largest absolute Gasteiger partial charge is 0.493 e. The van der Waals surface area contributed by atoms with E-state index in [0.717, 1.165) is 32.4 Å². The van der Waals surface area contributed by atoms with Crippen LogP contribution in [0.4, 0.5) is 0 Å². The maximum atomic E-state index is 13.7. The molecule has 4 N–H and O–H groups in total. The molecule has 2 fully saturated rings. The van der Waals surface area contributed by atoms with Gasteiger partial charge in [-0.3, -0.25) is 14.5 Å². The van der Waals surface area contributed by atoms with Crippen LogP contribution >= 0.6 is 22.6 Å². The summed E-state index contributed by atoms with van der Waals surface area (Å²) in [6.45, 7) is 3.62.